The van der Waals surface area contributed by atoms with E-state index in [1.54, 1.807) is 6.92 Å². The lowest BCUT2D eigenvalue weighted by Gasteiger charge is -2.09. The smallest absolute Gasteiger partial charge is 0.242 e. The highest BCUT2D eigenvalue weighted by Crippen LogP contribution is 2.10. The van der Waals surface area contributed by atoms with E-state index in [4.69, 9.17) is 11.5 Å². The minimum absolute atomic E-state index is 0.235. The summed E-state index contributed by atoms with van der Waals surface area (Å²) in [5.41, 5.74) is 10.8. The van der Waals surface area contributed by atoms with Crippen molar-refractivity contribution in [3.63, 3.8) is 0 Å². The summed E-state index contributed by atoms with van der Waals surface area (Å²) in [5.74, 6) is 0.110. The Kier molecular flexibility index (Phi) is 3.19. The molecule has 0 aliphatic rings. The molecule has 2 atom stereocenters. The number of carbonyl (C=O) groups excluding carboxylic acids is 1. The van der Waals surface area contributed by atoms with Crippen molar-refractivity contribution in [2.75, 3.05) is 0 Å². The third-order valence-electron chi connectivity index (χ3n) is 1.97. The molecule has 6 heteroatoms. The predicted molar refractivity (Wildman–Crippen MR) is 51.1 cm³/mol. The lowest BCUT2D eigenvalue weighted by Crippen LogP contribution is -2.26. The summed E-state index contributed by atoms with van der Waals surface area (Å²) in [7, 11) is 0. The molecule has 2 unspecified atom stereocenters. The van der Waals surface area contributed by atoms with E-state index in [-0.39, 0.29) is 6.04 Å². The highest BCUT2D eigenvalue weighted by Gasteiger charge is 2.17. The standard InChI is InChI=1S/C8H15N5O/c1-3-6(7(10)14)13-4-11-8(12-13)5(2)9/h4-6H,3,9H2,1-2H3,(H2,10,14). The van der Waals surface area contributed by atoms with Gasteiger partial charge in [0.05, 0.1) is 6.04 Å². The van der Waals surface area contributed by atoms with Crippen LogP contribution < -0.4 is 11.5 Å². The van der Waals surface area contributed by atoms with Crippen LogP contribution in [0.3, 0.4) is 0 Å². The molecule has 1 amide bonds. The fourth-order valence-electron chi connectivity index (χ4n) is 1.17. The maximum atomic E-state index is 11.0. The Bertz CT molecular complexity index is 319. The van der Waals surface area contributed by atoms with Crippen molar-refractivity contribution < 1.29 is 4.79 Å². The second-order valence-corrected chi connectivity index (χ2v) is 3.20. The van der Waals surface area contributed by atoms with Crippen molar-refractivity contribution >= 4 is 5.91 Å². The Morgan fingerprint density at radius 2 is 2.36 bits per heavy atom. The molecule has 14 heavy (non-hydrogen) atoms. The Balaban J connectivity index is 2.89. The van der Waals surface area contributed by atoms with Crippen LogP contribution in [0.15, 0.2) is 6.33 Å². The number of nitrogens with two attached hydrogens (primary N) is 2. The van der Waals surface area contributed by atoms with Crippen LogP contribution in [-0.4, -0.2) is 20.7 Å². The van der Waals surface area contributed by atoms with Gasteiger partial charge in [0.15, 0.2) is 5.82 Å². The van der Waals surface area contributed by atoms with E-state index < -0.39 is 11.9 Å². The summed E-state index contributed by atoms with van der Waals surface area (Å²) in [6.07, 6.45) is 2.08. The van der Waals surface area contributed by atoms with Gasteiger partial charge in [-0.3, -0.25) is 4.79 Å². The van der Waals surface area contributed by atoms with Crippen LogP contribution >= 0.6 is 0 Å². The number of rotatable bonds is 4. The molecule has 1 aromatic heterocycles. The summed E-state index contributed by atoms with van der Waals surface area (Å²) in [4.78, 5) is 15.0. The van der Waals surface area contributed by atoms with Gasteiger partial charge in [0.1, 0.15) is 12.4 Å². The summed E-state index contributed by atoms with van der Waals surface area (Å²) < 4.78 is 1.46. The van der Waals surface area contributed by atoms with Crippen LogP contribution in [0.4, 0.5) is 0 Å². The van der Waals surface area contributed by atoms with E-state index in [0.717, 1.165) is 0 Å². The third-order valence-corrected chi connectivity index (χ3v) is 1.97. The van der Waals surface area contributed by atoms with Crippen molar-refractivity contribution in [2.45, 2.75) is 32.4 Å². The molecule has 1 aromatic rings. The minimum atomic E-state index is -0.435. The first-order valence-electron chi connectivity index (χ1n) is 4.52. The predicted octanol–water partition coefficient (Wildman–Crippen LogP) is -0.266. The minimum Gasteiger partial charge on any atom is -0.368 e. The van der Waals surface area contributed by atoms with Crippen LogP contribution in [0, 0.1) is 0 Å². The molecule has 0 fully saturated rings. The lowest BCUT2D eigenvalue weighted by molar-refractivity contribution is -0.121. The van der Waals surface area contributed by atoms with Gasteiger partial charge in [-0.1, -0.05) is 6.92 Å². The largest absolute Gasteiger partial charge is 0.368 e. The molecular weight excluding hydrogens is 182 g/mol. The van der Waals surface area contributed by atoms with Gasteiger partial charge >= 0.3 is 0 Å². The Labute approximate surface area is 82.3 Å². The molecule has 4 N–H and O–H groups in total. The first kappa shape index (κ1) is 10.6. The zero-order valence-corrected chi connectivity index (χ0v) is 8.34. The van der Waals surface area contributed by atoms with Crippen molar-refractivity contribution in [3.05, 3.63) is 12.2 Å². The molecule has 1 heterocycles. The maximum absolute atomic E-state index is 11.0. The molecule has 0 aliphatic heterocycles. The second kappa shape index (κ2) is 4.19. The number of hydrogen-bond acceptors (Lipinski definition) is 4. The quantitative estimate of drug-likeness (QED) is 0.694. The van der Waals surface area contributed by atoms with Crippen molar-refractivity contribution in [1.29, 1.82) is 0 Å². The lowest BCUT2D eigenvalue weighted by atomic mass is 10.2. The molecule has 0 saturated heterocycles. The summed E-state index contributed by atoms with van der Waals surface area (Å²) in [6, 6.07) is -0.670. The van der Waals surface area contributed by atoms with E-state index in [1.165, 1.54) is 11.0 Å². The number of hydrogen-bond donors (Lipinski definition) is 2. The first-order valence-corrected chi connectivity index (χ1v) is 4.52. The zero-order valence-electron chi connectivity index (χ0n) is 8.34. The van der Waals surface area contributed by atoms with Gasteiger partial charge in [-0.15, -0.1) is 0 Å². The highest BCUT2D eigenvalue weighted by molar-refractivity contribution is 5.78. The average Bonchev–Trinajstić information content (AvgIpc) is 2.53. The summed E-state index contributed by atoms with van der Waals surface area (Å²) in [5, 5.41) is 4.08. The van der Waals surface area contributed by atoms with Crippen LogP contribution in [0.25, 0.3) is 0 Å². The van der Waals surface area contributed by atoms with E-state index in [0.29, 0.717) is 12.2 Å². The van der Waals surface area contributed by atoms with Gasteiger partial charge in [0.25, 0.3) is 0 Å². The summed E-state index contributed by atoms with van der Waals surface area (Å²) >= 11 is 0. The fraction of sp³-hybridized carbons (Fsp3) is 0.625. The van der Waals surface area contributed by atoms with Crippen LogP contribution in [0.1, 0.15) is 38.2 Å². The Hall–Kier alpha value is -1.43. The van der Waals surface area contributed by atoms with Gasteiger partial charge in [0, 0.05) is 0 Å². The molecule has 1 rings (SSSR count). The molecule has 0 radical (unpaired) electrons. The molecule has 0 bridgehead atoms. The first-order chi connectivity index (χ1) is 6.56. The molecule has 0 aromatic carbocycles. The van der Waals surface area contributed by atoms with Gasteiger partial charge in [-0.2, -0.15) is 5.10 Å². The van der Waals surface area contributed by atoms with Crippen molar-refractivity contribution in [3.8, 4) is 0 Å². The van der Waals surface area contributed by atoms with E-state index in [1.807, 2.05) is 6.92 Å². The van der Waals surface area contributed by atoms with Gasteiger partial charge < -0.3 is 11.5 Å². The maximum Gasteiger partial charge on any atom is 0.242 e. The molecule has 0 saturated carbocycles. The number of amides is 1. The molecule has 0 spiro atoms. The third kappa shape index (κ3) is 2.08. The number of aromatic nitrogens is 3. The number of primary amides is 1. The molecule has 6 nitrogen and oxygen atoms in total. The number of nitrogens with zero attached hydrogens (tertiary/aromatic N) is 3. The monoisotopic (exact) mass is 197 g/mol. The van der Waals surface area contributed by atoms with Gasteiger partial charge in [0.2, 0.25) is 5.91 Å². The van der Waals surface area contributed by atoms with Crippen molar-refractivity contribution in [2.24, 2.45) is 11.5 Å². The topological polar surface area (TPSA) is 99.8 Å². The average molecular weight is 197 g/mol. The van der Waals surface area contributed by atoms with E-state index >= 15 is 0 Å². The summed E-state index contributed by atoms with van der Waals surface area (Å²) in [6.45, 7) is 3.65. The Morgan fingerprint density at radius 1 is 1.71 bits per heavy atom. The van der Waals surface area contributed by atoms with Crippen LogP contribution in [0.2, 0.25) is 0 Å². The van der Waals surface area contributed by atoms with E-state index in [9.17, 15) is 4.79 Å². The second-order valence-electron chi connectivity index (χ2n) is 3.20. The van der Waals surface area contributed by atoms with Crippen LogP contribution in [-0.2, 0) is 4.79 Å². The normalized spacial score (nSPS) is 15.1. The molecule has 0 aliphatic carbocycles. The molecule has 78 valence electrons. The van der Waals surface area contributed by atoms with Gasteiger partial charge in [-0.05, 0) is 13.3 Å². The highest BCUT2D eigenvalue weighted by atomic mass is 16.1. The van der Waals surface area contributed by atoms with Crippen LogP contribution in [0.5, 0.6) is 0 Å². The van der Waals surface area contributed by atoms with Crippen molar-refractivity contribution in [1.82, 2.24) is 14.8 Å². The number of carbonyl (C=O) groups is 1. The fourth-order valence-corrected chi connectivity index (χ4v) is 1.17. The van der Waals surface area contributed by atoms with Gasteiger partial charge in [-0.25, -0.2) is 9.67 Å². The SMILES string of the molecule is CCC(C(N)=O)n1cnc(C(C)N)n1. The molecular formula is C8H15N5O. The Morgan fingerprint density at radius 3 is 2.71 bits per heavy atom. The van der Waals surface area contributed by atoms with E-state index in [2.05, 4.69) is 10.1 Å². The zero-order chi connectivity index (χ0) is 10.7.